The number of hydrogen-bond donors (Lipinski definition) is 2. The van der Waals surface area contributed by atoms with Crippen LogP contribution in [0, 0.1) is 6.92 Å². The summed E-state index contributed by atoms with van der Waals surface area (Å²) in [7, 11) is 0. The highest BCUT2D eigenvalue weighted by atomic mass is 16.3. The molecule has 0 aromatic heterocycles. The number of aryl methyl sites for hydroxylation is 1. The average Bonchev–Trinajstić information content (AvgIpc) is 2.70. The van der Waals surface area contributed by atoms with E-state index in [1.54, 1.807) is 6.07 Å². The Morgan fingerprint density at radius 1 is 1.55 bits per heavy atom. The van der Waals surface area contributed by atoms with E-state index in [4.69, 9.17) is 0 Å². The number of nitrogens with one attached hydrogen (secondary N) is 1. The Kier molecular flexibility index (Phi) is 1.36. The van der Waals surface area contributed by atoms with E-state index < -0.39 is 0 Å². The molecule has 1 heterocycles. The highest BCUT2D eigenvalue weighted by Gasteiger charge is 2.24. The van der Waals surface area contributed by atoms with Crippen molar-refractivity contribution in [1.82, 2.24) is 5.32 Å². The topological polar surface area (TPSA) is 42.2 Å². The van der Waals surface area contributed by atoms with Crippen LogP contribution in [0.4, 0.5) is 0 Å². The van der Waals surface area contributed by atoms with Gasteiger partial charge in [-0.05, 0) is 18.6 Å². The predicted molar refractivity (Wildman–Crippen MR) is 43.6 cm³/mol. The van der Waals surface area contributed by atoms with Crippen molar-refractivity contribution in [2.45, 2.75) is 13.0 Å². The summed E-state index contributed by atoms with van der Waals surface area (Å²) in [6.07, 6.45) is 0. The molecule has 0 aliphatic carbocycles. The Hall–Kier alpha value is -1.02. The maximum atomic E-state index is 9.46. The van der Waals surface area contributed by atoms with Crippen LogP contribution in [-0.2, 0) is 0 Å². The number of aromatic hydroxyl groups is 1. The van der Waals surface area contributed by atoms with E-state index in [-0.39, 0.29) is 0 Å². The Bertz CT molecular complexity index is 279. The Morgan fingerprint density at radius 2 is 2.27 bits per heavy atom. The van der Waals surface area contributed by atoms with Crippen LogP contribution in [0.2, 0.25) is 0 Å². The van der Waals surface area contributed by atoms with Gasteiger partial charge in [-0.3, -0.25) is 0 Å². The predicted octanol–water partition coefficient (Wildman–Crippen LogP) is 1.34. The minimum atomic E-state index is 0.399. The third-order valence-electron chi connectivity index (χ3n) is 1.97. The lowest BCUT2D eigenvalue weighted by Gasteiger charge is -2.01. The van der Waals surface area contributed by atoms with E-state index in [9.17, 15) is 5.11 Å². The van der Waals surface area contributed by atoms with Gasteiger partial charge in [0.05, 0.1) is 0 Å². The van der Waals surface area contributed by atoms with Gasteiger partial charge in [0.25, 0.3) is 0 Å². The van der Waals surface area contributed by atoms with Gasteiger partial charge < -0.3 is 10.4 Å². The molecular formula is C9H11NO. The zero-order valence-corrected chi connectivity index (χ0v) is 6.46. The minimum Gasteiger partial charge on any atom is -0.508 e. The van der Waals surface area contributed by atoms with Crippen molar-refractivity contribution in [1.29, 1.82) is 0 Å². The third-order valence-corrected chi connectivity index (χ3v) is 1.97. The maximum absolute atomic E-state index is 9.46. The summed E-state index contributed by atoms with van der Waals surface area (Å²) in [6, 6.07) is 6.20. The van der Waals surface area contributed by atoms with E-state index in [0.29, 0.717) is 11.8 Å². The zero-order chi connectivity index (χ0) is 7.84. The van der Waals surface area contributed by atoms with Crippen LogP contribution < -0.4 is 5.32 Å². The molecular weight excluding hydrogens is 138 g/mol. The number of benzene rings is 1. The van der Waals surface area contributed by atoms with Gasteiger partial charge in [-0.15, -0.1) is 0 Å². The summed E-state index contributed by atoms with van der Waals surface area (Å²) in [4.78, 5) is 0. The molecule has 0 radical (unpaired) electrons. The molecule has 1 atom stereocenters. The molecule has 0 unspecified atom stereocenters. The molecule has 1 aliphatic heterocycles. The Morgan fingerprint density at radius 3 is 2.82 bits per heavy atom. The summed E-state index contributed by atoms with van der Waals surface area (Å²) >= 11 is 0. The number of phenolic OH excluding ortho intramolecular Hbond substituents is 1. The zero-order valence-electron chi connectivity index (χ0n) is 6.46. The highest BCUT2D eigenvalue weighted by molar-refractivity contribution is 5.40. The third kappa shape index (κ3) is 1.21. The molecule has 2 nitrogen and oxygen atoms in total. The highest BCUT2D eigenvalue weighted by Crippen LogP contribution is 2.29. The van der Waals surface area contributed by atoms with Crippen LogP contribution in [0.5, 0.6) is 5.75 Å². The molecule has 2 heteroatoms. The molecule has 1 aliphatic rings. The smallest absolute Gasteiger partial charge is 0.120 e. The molecule has 0 amide bonds. The second kappa shape index (κ2) is 2.24. The van der Waals surface area contributed by atoms with Crippen molar-refractivity contribution < 1.29 is 5.11 Å². The fourth-order valence-electron chi connectivity index (χ4n) is 1.23. The van der Waals surface area contributed by atoms with Gasteiger partial charge in [0.2, 0.25) is 0 Å². The van der Waals surface area contributed by atoms with E-state index in [2.05, 4.69) is 5.32 Å². The first kappa shape index (κ1) is 6.68. The first-order valence-corrected chi connectivity index (χ1v) is 3.80. The number of rotatable bonds is 1. The number of hydrogen-bond acceptors (Lipinski definition) is 2. The molecule has 1 aromatic rings. The van der Waals surface area contributed by atoms with Crippen molar-refractivity contribution >= 4 is 0 Å². The normalized spacial score (nSPS) is 21.7. The van der Waals surface area contributed by atoms with Gasteiger partial charge in [-0.25, -0.2) is 0 Å². The molecule has 2 N–H and O–H groups in total. The molecule has 1 saturated heterocycles. The van der Waals surface area contributed by atoms with Crippen molar-refractivity contribution in [3.63, 3.8) is 0 Å². The maximum Gasteiger partial charge on any atom is 0.120 e. The molecule has 0 bridgehead atoms. The van der Waals surface area contributed by atoms with Crippen LogP contribution in [0.25, 0.3) is 0 Å². The van der Waals surface area contributed by atoms with Gasteiger partial charge in [-0.1, -0.05) is 12.1 Å². The summed E-state index contributed by atoms with van der Waals surface area (Å²) in [6.45, 7) is 2.97. The van der Waals surface area contributed by atoms with Gasteiger partial charge in [0.1, 0.15) is 5.75 Å². The average molecular weight is 149 g/mol. The lowest BCUT2D eigenvalue weighted by molar-refractivity contribution is 0.467. The van der Waals surface area contributed by atoms with Crippen LogP contribution in [-0.4, -0.2) is 11.7 Å². The van der Waals surface area contributed by atoms with Gasteiger partial charge >= 0.3 is 0 Å². The van der Waals surface area contributed by atoms with Crippen molar-refractivity contribution in [2.75, 3.05) is 6.54 Å². The first-order chi connectivity index (χ1) is 5.27. The Labute approximate surface area is 65.9 Å². The van der Waals surface area contributed by atoms with E-state index in [1.807, 2.05) is 19.1 Å². The van der Waals surface area contributed by atoms with Crippen LogP contribution in [0.1, 0.15) is 17.2 Å². The quantitative estimate of drug-likeness (QED) is 0.592. The summed E-state index contributed by atoms with van der Waals surface area (Å²) in [5, 5.41) is 12.6. The Balaban J connectivity index is 2.39. The molecule has 2 rings (SSSR count). The number of phenols is 1. The fourth-order valence-corrected chi connectivity index (χ4v) is 1.23. The monoisotopic (exact) mass is 149 g/mol. The van der Waals surface area contributed by atoms with Gasteiger partial charge in [0, 0.05) is 18.2 Å². The lowest BCUT2D eigenvalue weighted by atomic mass is 10.1. The second-order valence-electron chi connectivity index (χ2n) is 3.02. The van der Waals surface area contributed by atoms with Crippen LogP contribution in [0.15, 0.2) is 18.2 Å². The van der Waals surface area contributed by atoms with Crippen molar-refractivity contribution in [3.8, 4) is 5.75 Å². The van der Waals surface area contributed by atoms with Crippen molar-refractivity contribution in [3.05, 3.63) is 29.3 Å². The summed E-state index contributed by atoms with van der Waals surface area (Å²) in [5.74, 6) is 0.417. The van der Waals surface area contributed by atoms with E-state index in [0.717, 1.165) is 17.7 Å². The molecule has 11 heavy (non-hydrogen) atoms. The van der Waals surface area contributed by atoms with Crippen LogP contribution >= 0.6 is 0 Å². The molecule has 58 valence electrons. The minimum absolute atomic E-state index is 0.399. The van der Waals surface area contributed by atoms with Gasteiger partial charge in [0.15, 0.2) is 0 Å². The molecule has 0 spiro atoms. The molecule has 1 fully saturated rings. The standard InChI is InChI=1S/C9H11NO/c1-6-2-3-7(8-5-10-8)9(11)4-6/h2-4,8,10-11H,5H2,1H3/t8-/m1/s1. The van der Waals surface area contributed by atoms with E-state index >= 15 is 0 Å². The van der Waals surface area contributed by atoms with E-state index in [1.165, 1.54) is 0 Å². The van der Waals surface area contributed by atoms with Crippen LogP contribution in [0.3, 0.4) is 0 Å². The second-order valence-corrected chi connectivity index (χ2v) is 3.02. The summed E-state index contributed by atoms with van der Waals surface area (Å²) < 4.78 is 0. The first-order valence-electron chi connectivity index (χ1n) is 3.80. The largest absolute Gasteiger partial charge is 0.508 e. The lowest BCUT2D eigenvalue weighted by Crippen LogP contribution is -1.85. The molecule has 0 saturated carbocycles. The fraction of sp³-hybridized carbons (Fsp3) is 0.333. The van der Waals surface area contributed by atoms with Gasteiger partial charge in [-0.2, -0.15) is 0 Å². The SMILES string of the molecule is Cc1ccc([C@H]2CN2)c(O)c1. The molecule has 1 aromatic carbocycles. The summed E-state index contributed by atoms with van der Waals surface area (Å²) in [5.41, 5.74) is 2.13. The van der Waals surface area contributed by atoms with Crippen molar-refractivity contribution in [2.24, 2.45) is 0 Å².